The van der Waals surface area contributed by atoms with Gasteiger partial charge >= 0.3 is 0 Å². The van der Waals surface area contributed by atoms with E-state index in [1.54, 1.807) is 12.1 Å². The van der Waals surface area contributed by atoms with E-state index < -0.39 is 26.5 Å². The Labute approximate surface area is 186 Å². The molecule has 10 heteroatoms. The number of benzene rings is 2. The van der Waals surface area contributed by atoms with Crippen molar-refractivity contribution in [3.63, 3.8) is 0 Å². The van der Waals surface area contributed by atoms with Gasteiger partial charge in [-0.25, -0.2) is 8.42 Å². The summed E-state index contributed by atoms with van der Waals surface area (Å²) in [4.78, 5) is 24.6. The molecule has 0 radical (unpaired) electrons. The molecule has 1 saturated heterocycles. The number of carbonyl (C=O) groups excluding carboxylic acids is 2. The van der Waals surface area contributed by atoms with Crippen molar-refractivity contribution in [2.24, 2.45) is 0 Å². The van der Waals surface area contributed by atoms with Crippen LogP contribution in [0.2, 0.25) is 0 Å². The van der Waals surface area contributed by atoms with Gasteiger partial charge in [-0.15, -0.1) is 11.8 Å². The van der Waals surface area contributed by atoms with Gasteiger partial charge in [-0.05, 0) is 36.8 Å². The number of ether oxygens (including phenoxy) is 1. The first-order chi connectivity index (χ1) is 14.9. The molecule has 1 aliphatic rings. The molecule has 0 saturated carbocycles. The third-order valence-electron chi connectivity index (χ3n) is 4.61. The molecule has 3 N–H and O–H groups in total. The summed E-state index contributed by atoms with van der Waals surface area (Å²) >= 11 is 1.19. The van der Waals surface area contributed by atoms with Crippen molar-refractivity contribution >= 4 is 33.4 Å². The summed E-state index contributed by atoms with van der Waals surface area (Å²) in [5.41, 5.74) is 0.453. The molecule has 2 aromatic rings. The summed E-state index contributed by atoms with van der Waals surface area (Å²) in [5.74, 6) is -0.0697. The third kappa shape index (κ3) is 6.22. The van der Waals surface area contributed by atoms with Crippen molar-refractivity contribution < 1.29 is 22.7 Å². The molecule has 8 nitrogen and oxygen atoms in total. The number of thioether (sulfide) groups is 1. The zero-order valence-electron chi connectivity index (χ0n) is 17.0. The Bertz CT molecular complexity index is 997. The Hall–Kier alpha value is -2.56. The Morgan fingerprint density at radius 3 is 2.52 bits per heavy atom. The van der Waals surface area contributed by atoms with Crippen molar-refractivity contribution in [2.45, 2.75) is 29.1 Å². The number of hydrogen-bond acceptors (Lipinski definition) is 7. The minimum absolute atomic E-state index is 0.0370. The lowest BCUT2D eigenvalue weighted by molar-refractivity contribution is -0.122. The van der Waals surface area contributed by atoms with E-state index in [1.807, 2.05) is 37.3 Å². The van der Waals surface area contributed by atoms with E-state index in [9.17, 15) is 18.0 Å². The Balaban J connectivity index is 1.49. The maximum atomic E-state index is 12.8. The molecule has 2 unspecified atom stereocenters. The quantitative estimate of drug-likeness (QED) is 0.513. The predicted molar refractivity (Wildman–Crippen MR) is 119 cm³/mol. The van der Waals surface area contributed by atoms with Crippen LogP contribution >= 0.6 is 11.8 Å². The van der Waals surface area contributed by atoms with E-state index in [0.29, 0.717) is 18.9 Å². The predicted octanol–water partition coefficient (Wildman–Crippen LogP) is 1.28. The van der Waals surface area contributed by atoms with Gasteiger partial charge in [-0.3, -0.25) is 14.9 Å². The smallest absolute Gasteiger partial charge is 0.241 e. The summed E-state index contributed by atoms with van der Waals surface area (Å²) in [6.07, 6.45) is 0. The molecule has 0 aliphatic carbocycles. The standard InChI is InChI=1S/C21H25N3O5S2/c1-2-29-16-8-10-17(11-9-16)31(27,28)18-13-23-21(24-20(18)26)30-14-19(25)22-12-15-6-4-3-5-7-15/h3-11,18,21,23H,2,12-14H2,1H3,(H,22,25)(H,24,26). The van der Waals surface area contributed by atoms with Gasteiger partial charge in [-0.1, -0.05) is 30.3 Å². The molecule has 31 heavy (non-hydrogen) atoms. The van der Waals surface area contributed by atoms with Gasteiger partial charge in [0.2, 0.25) is 11.8 Å². The van der Waals surface area contributed by atoms with Crippen LogP contribution in [0.3, 0.4) is 0 Å². The number of amides is 2. The first-order valence-electron chi connectivity index (χ1n) is 9.83. The summed E-state index contributed by atoms with van der Waals surface area (Å²) in [6.45, 7) is 2.70. The minimum Gasteiger partial charge on any atom is -0.494 e. The minimum atomic E-state index is -3.86. The average molecular weight is 464 g/mol. The van der Waals surface area contributed by atoms with Crippen LogP contribution in [-0.4, -0.2) is 49.9 Å². The monoisotopic (exact) mass is 463 g/mol. The molecule has 0 spiro atoms. The highest BCUT2D eigenvalue weighted by atomic mass is 32.2. The topological polar surface area (TPSA) is 114 Å². The average Bonchev–Trinajstić information content (AvgIpc) is 2.77. The first kappa shape index (κ1) is 23.1. The van der Waals surface area contributed by atoms with Crippen LogP contribution in [0.5, 0.6) is 5.75 Å². The van der Waals surface area contributed by atoms with Gasteiger partial charge in [0.25, 0.3) is 0 Å². The lowest BCUT2D eigenvalue weighted by Gasteiger charge is -2.29. The molecular weight excluding hydrogens is 438 g/mol. The largest absolute Gasteiger partial charge is 0.494 e. The van der Waals surface area contributed by atoms with Crippen LogP contribution in [-0.2, 0) is 26.0 Å². The number of carbonyl (C=O) groups is 2. The fourth-order valence-corrected chi connectivity index (χ4v) is 5.34. The van der Waals surface area contributed by atoms with E-state index in [0.717, 1.165) is 5.56 Å². The molecule has 2 aromatic carbocycles. The summed E-state index contributed by atoms with van der Waals surface area (Å²) in [7, 11) is -3.86. The van der Waals surface area contributed by atoms with Crippen molar-refractivity contribution in [1.29, 1.82) is 0 Å². The second-order valence-corrected chi connectivity index (χ2v) is 10.0. The molecule has 0 aromatic heterocycles. The van der Waals surface area contributed by atoms with E-state index in [4.69, 9.17) is 4.74 Å². The second-order valence-electron chi connectivity index (χ2n) is 6.81. The molecule has 1 aliphatic heterocycles. The molecule has 2 atom stereocenters. The van der Waals surface area contributed by atoms with Gasteiger partial charge in [0.05, 0.1) is 17.3 Å². The van der Waals surface area contributed by atoms with Crippen LogP contribution < -0.4 is 20.7 Å². The maximum Gasteiger partial charge on any atom is 0.241 e. The maximum absolute atomic E-state index is 12.8. The number of sulfone groups is 1. The SMILES string of the molecule is CCOc1ccc(S(=O)(=O)C2CNC(SCC(=O)NCc3ccccc3)NC2=O)cc1. The van der Waals surface area contributed by atoms with Crippen molar-refractivity contribution in [3.05, 3.63) is 60.2 Å². The highest BCUT2D eigenvalue weighted by Gasteiger charge is 2.38. The van der Waals surface area contributed by atoms with Crippen molar-refractivity contribution in [1.82, 2.24) is 16.0 Å². The van der Waals surface area contributed by atoms with Gasteiger partial charge in [-0.2, -0.15) is 0 Å². The van der Waals surface area contributed by atoms with Gasteiger partial charge in [0.15, 0.2) is 15.1 Å². The van der Waals surface area contributed by atoms with E-state index >= 15 is 0 Å². The number of rotatable bonds is 9. The highest BCUT2D eigenvalue weighted by molar-refractivity contribution is 8.00. The van der Waals surface area contributed by atoms with Gasteiger partial charge in [0.1, 0.15) is 11.2 Å². The second kappa shape index (κ2) is 10.7. The third-order valence-corrected chi connectivity index (χ3v) is 7.71. The number of hydrogen-bond donors (Lipinski definition) is 3. The zero-order chi connectivity index (χ0) is 22.3. The Morgan fingerprint density at radius 2 is 1.87 bits per heavy atom. The van der Waals surface area contributed by atoms with Crippen LogP contribution in [0.25, 0.3) is 0 Å². The van der Waals surface area contributed by atoms with Crippen LogP contribution in [0, 0.1) is 0 Å². The first-order valence-corrected chi connectivity index (χ1v) is 12.4. The molecule has 166 valence electrons. The highest BCUT2D eigenvalue weighted by Crippen LogP contribution is 2.22. The van der Waals surface area contributed by atoms with Crippen LogP contribution in [0.4, 0.5) is 0 Å². The lowest BCUT2D eigenvalue weighted by atomic mass is 10.2. The molecule has 3 rings (SSSR count). The molecule has 0 bridgehead atoms. The van der Waals surface area contributed by atoms with Gasteiger partial charge in [0, 0.05) is 13.1 Å². The Kier molecular flexibility index (Phi) is 7.94. The van der Waals surface area contributed by atoms with Gasteiger partial charge < -0.3 is 15.4 Å². The van der Waals surface area contributed by atoms with Crippen LogP contribution in [0.1, 0.15) is 12.5 Å². The molecule has 1 fully saturated rings. The van der Waals surface area contributed by atoms with E-state index in [1.165, 1.54) is 23.9 Å². The van der Waals surface area contributed by atoms with Crippen molar-refractivity contribution in [2.75, 3.05) is 18.9 Å². The summed E-state index contributed by atoms with van der Waals surface area (Å²) in [5, 5.41) is 7.19. The summed E-state index contributed by atoms with van der Waals surface area (Å²) < 4.78 is 31.0. The molecule has 2 amide bonds. The molecule has 1 heterocycles. The summed E-state index contributed by atoms with van der Waals surface area (Å²) in [6, 6.07) is 15.5. The molecular formula is C21H25N3O5S2. The normalized spacial score (nSPS) is 18.8. The van der Waals surface area contributed by atoms with E-state index in [-0.39, 0.29) is 23.1 Å². The fourth-order valence-electron chi connectivity index (χ4n) is 2.99. The Morgan fingerprint density at radius 1 is 1.16 bits per heavy atom. The zero-order valence-corrected chi connectivity index (χ0v) is 18.7. The van der Waals surface area contributed by atoms with Crippen LogP contribution in [0.15, 0.2) is 59.5 Å². The fraction of sp³-hybridized carbons (Fsp3) is 0.333. The number of nitrogens with one attached hydrogen (secondary N) is 3. The van der Waals surface area contributed by atoms with Crippen molar-refractivity contribution in [3.8, 4) is 5.75 Å². The lowest BCUT2D eigenvalue weighted by Crippen LogP contribution is -2.59. The van der Waals surface area contributed by atoms with E-state index in [2.05, 4.69) is 16.0 Å².